The molecule has 1 aliphatic heterocycles. The van der Waals surface area contributed by atoms with Crippen molar-refractivity contribution in [2.45, 2.75) is 6.92 Å². The van der Waals surface area contributed by atoms with Gasteiger partial charge in [0.05, 0.1) is 13.1 Å². The molecular formula is C6H11N4NaO3. The molecule has 8 heteroatoms. The normalized spacial score (nSPS) is 17.6. The summed E-state index contributed by atoms with van der Waals surface area (Å²) in [4.78, 5) is 12.5. The Morgan fingerprint density at radius 3 is 2.21 bits per heavy atom. The molecule has 1 rings (SSSR count). The third-order valence-electron chi connectivity index (χ3n) is 2.01. The Morgan fingerprint density at radius 2 is 1.86 bits per heavy atom. The van der Waals surface area contributed by atoms with Gasteiger partial charge < -0.3 is 15.3 Å². The standard InChI is InChI=1S/C6H12N4O3.Na/c1-6(11)8-2-4-9(5-3-8)10(13)7-12;/h12H,2-5H2,1H3;/q;+1/p-1/b10-7-;. The van der Waals surface area contributed by atoms with Crippen LogP contribution < -0.4 is 29.6 Å². The van der Waals surface area contributed by atoms with Gasteiger partial charge in [-0.15, -0.1) is 5.01 Å². The predicted molar refractivity (Wildman–Crippen MR) is 43.2 cm³/mol. The molecule has 1 saturated heterocycles. The first-order valence-electron chi connectivity index (χ1n) is 3.96. The Hall–Kier alpha value is -0.530. The number of hydrogen-bond donors (Lipinski definition) is 0. The average molecular weight is 210 g/mol. The maximum absolute atomic E-state index is 10.9. The van der Waals surface area contributed by atoms with Crippen molar-refractivity contribution in [3.8, 4) is 0 Å². The summed E-state index contributed by atoms with van der Waals surface area (Å²) in [6.45, 7) is 3.11. The number of carbonyl (C=O) groups excluding carboxylic acids is 1. The third-order valence-corrected chi connectivity index (χ3v) is 2.01. The molecular weight excluding hydrogens is 199 g/mol. The number of carbonyl (C=O) groups is 1. The van der Waals surface area contributed by atoms with Gasteiger partial charge in [-0.05, 0) is 5.28 Å². The largest absolute Gasteiger partial charge is 1.00 e. The average Bonchev–Trinajstić information content (AvgIpc) is 2.17. The van der Waals surface area contributed by atoms with E-state index in [2.05, 4.69) is 5.28 Å². The first-order chi connectivity index (χ1) is 6.15. The van der Waals surface area contributed by atoms with Crippen LogP contribution in [0.3, 0.4) is 0 Å². The molecule has 7 nitrogen and oxygen atoms in total. The first kappa shape index (κ1) is 13.5. The Morgan fingerprint density at radius 1 is 1.36 bits per heavy atom. The molecule has 0 aromatic heterocycles. The minimum atomic E-state index is -0.0174. The summed E-state index contributed by atoms with van der Waals surface area (Å²) in [5.74, 6) is -0.0174. The second-order valence-corrected chi connectivity index (χ2v) is 2.79. The SMILES string of the molecule is CC(=O)N1CCN(/[N+]([O-])=N/[O-])CC1.[Na+]. The van der Waals surface area contributed by atoms with Gasteiger partial charge in [-0.25, -0.2) is 0 Å². The molecule has 0 aromatic carbocycles. The number of nitrogens with zero attached hydrogens (tertiary/aromatic N) is 4. The zero-order valence-electron chi connectivity index (χ0n) is 8.34. The number of amides is 1. The van der Waals surface area contributed by atoms with Crippen molar-refractivity contribution < 1.29 is 39.3 Å². The maximum atomic E-state index is 10.9. The van der Waals surface area contributed by atoms with Crippen molar-refractivity contribution in [2.75, 3.05) is 26.2 Å². The van der Waals surface area contributed by atoms with Crippen LogP contribution in [-0.4, -0.2) is 47.0 Å². The molecule has 1 fully saturated rings. The molecule has 0 aliphatic carbocycles. The quantitative estimate of drug-likeness (QED) is 0.195. The van der Waals surface area contributed by atoms with E-state index in [0.29, 0.717) is 26.2 Å². The molecule has 0 saturated carbocycles. The molecule has 0 spiro atoms. The van der Waals surface area contributed by atoms with E-state index in [0.717, 1.165) is 0 Å². The van der Waals surface area contributed by atoms with Crippen LogP contribution in [0.4, 0.5) is 0 Å². The Kier molecular flexibility index (Phi) is 5.82. The number of rotatable bonds is 1. The summed E-state index contributed by atoms with van der Waals surface area (Å²) in [7, 11) is 0. The van der Waals surface area contributed by atoms with E-state index in [9.17, 15) is 15.2 Å². The van der Waals surface area contributed by atoms with Crippen molar-refractivity contribution >= 4 is 5.91 Å². The molecule has 1 heterocycles. The minimum absolute atomic E-state index is 0. The maximum Gasteiger partial charge on any atom is 1.00 e. The number of piperazine rings is 1. The second-order valence-electron chi connectivity index (χ2n) is 2.79. The van der Waals surface area contributed by atoms with Crippen LogP contribution in [0.2, 0.25) is 0 Å². The molecule has 14 heavy (non-hydrogen) atoms. The van der Waals surface area contributed by atoms with E-state index in [-0.39, 0.29) is 40.4 Å². The summed E-state index contributed by atoms with van der Waals surface area (Å²) in [5.41, 5.74) is 0. The molecule has 0 unspecified atom stereocenters. The van der Waals surface area contributed by atoms with Gasteiger partial charge in [0.15, 0.2) is 0 Å². The summed E-state index contributed by atoms with van der Waals surface area (Å²) < 4.78 is 0. The smallest absolute Gasteiger partial charge is 0.737 e. The predicted octanol–water partition coefficient (Wildman–Crippen LogP) is -3.47. The molecule has 0 N–H and O–H groups in total. The van der Waals surface area contributed by atoms with Gasteiger partial charge in [-0.1, -0.05) is 0 Å². The van der Waals surface area contributed by atoms with Gasteiger partial charge in [0.25, 0.3) is 0 Å². The Bertz CT molecular complexity index is 227. The van der Waals surface area contributed by atoms with Crippen LogP contribution in [0.15, 0.2) is 5.28 Å². The van der Waals surface area contributed by atoms with Crippen LogP contribution in [0.1, 0.15) is 6.92 Å². The molecule has 0 aromatic rings. The molecule has 1 amide bonds. The van der Waals surface area contributed by atoms with Crippen molar-refractivity contribution in [3.05, 3.63) is 10.4 Å². The fourth-order valence-electron chi connectivity index (χ4n) is 1.23. The van der Waals surface area contributed by atoms with Gasteiger partial charge in [-0.3, -0.25) is 4.79 Å². The van der Waals surface area contributed by atoms with Gasteiger partial charge in [0.2, 0.25) is 5.91 Å². The fraction of sp³-hybridized carbons (Fsp3) is 0.833. The number of hydrogen-bond acceptors (Lipinski definition) is 4. The topological polar surface area (TPSA) is 85.0 Å². The van der Waals surface area contributed by atoms with Gasteiger partial charge in [0, 0.05) is 25.0 Å². The molecule has 0 bridgehead atoms. The molecule has 74 valence electrons. The van der Waals surface area contributed by atoms with Crippen LogP contribution >= 0.6 is 0 Å². The van der Waals surface area contributed by atoms with E-state index >= 15 is 0 Å². The monoisotopic (exact) mass is 210 g/mol. The van der Waals surface area contributed by atoms with Crippen LogP contribution in [-0.2, 0) is 4.79 Å². The van der Waals surface area contributed by atoms with Crippen LogP contribution in [0.25, 0.3) is 0 Å². The van der Waals surface area contributed by atoms with Crippen LogP contribution in [0, 0.1) is 10.4 Å². The molecule has 0 radical (unpaired) electrons. The van der Waals surface area contributed by atoms with E-state index in [1.54, 1.807) is 4.90 Å². The minimum Gasteiger partial charge on any atom is -0.737 e. The first-order valence-corrected chi connectivity index (χ1v) is 3.96. The Balaban J connectivity index is 0.00000169. The summed E-state index contributed by atoms with van der Waals surface area (Å²) in [6.07, 6.45) is 0. The summed E-state index contributed by atoms with van der Waals surface area (Å²) >= 11 is 0. The zero-order chi connectivity index (χ0) is 9.84. The molecule has 0 atom stereocenters. The van der Waals surface area contributed by atoms with Crippen molar-refractivity contribution in [2.24, 2.45) is 5.28 Å². The van der Waals surface area contributed by atoms with Gasteiger partial charge in [-0.2, -0.15) is 0 Å². The Labute approximate surface area is 104 Å². The fourth-order valence-corrected chi connectivity index (χ4v) is 1.23. The van der Waals surface area contributed by atoms with E-state index in [4.69, 9.17) is 0 Å². The third kappa shape index (κ3) is 3.32. The van der Waals surface area contributed by atoms with Gasteiger partial charge in [0.1, 0.15) is 0 Å². The van der Waals surface area contributed by atoms with Crippen molar-refractivity contribution in [3.63, 3.8) is 0 Å². The second kappa shape index (κ2) is 6.05. The van der Waals surface area contributed by atoms with Crippen molar-refractivity contribution in [1.29, 1.82) is 0 Å². The summed E-state index contributed by atoms with van der Waals surface area (Å²) in [6, 6.07) is 0. The summed E-state index contributed by atoms with van der Waals surface area (Å²) in [5, 5.41) is 24.1. The van der Waals surface area contributed by atoms with E-state index in [1.165, 1.54) is 11.9 Å². The van der Waals surface area contributed by atoms with E-state index < -0.39 is 0 Å². The zero-order valence-corrected chi connectivity index (χ0v) is 10.3. The van der Waals surface area contributed by atoms with E-state index in [1.807, 2.05) is 0 Å². The van der Waals surface area contributed by atoms with Crippen molar-refractivity contribution in [1.82, 2.24) is 9.91 Å². The number of hydrazine groups is 1. The van der Waals surface area contributed by atoms with Gasteiger partial charge >= 0.3 is 29.6 Å². The molecule has 1 aliphatic rings. The van der Waals surface area contributed by atoms with Crippen LogP contribution in [0.5, 0.6) is 0 Å².